The van der Waals surface area contributed by atoms with Crippen molar-refractivity contribution in [1.82, 2.24) is 45.1 Å². The molecule has 3 N–H and O–H groups in total. The van der Waals surface area contributed by atoms with Crippen molar-refractivity contribution in [3.63, 3.8) is 0 Å². The van der Waals surface area contributed by atoms with E-state index >= 15 is 4.39 Å². The molecule has 1 aliphatic carbocycles. The predicted octanol–water partition coefficient (Wildman–Crippen LogP) is 8.83. The Morgan fingerprint density at radius 3 is 2.42 bits per heavy atom. The minimum Gasteiger partial charge on any atom is -0.490 e. The van der Waals surface area contributed by atoms with Crippen LogP contribution in [0.25, 0.3) is 26.6 Å². The largest absolute Gasteiger partial charge is 0.490 e. The van der Waals surface area contributed by atoms with Crippen molar-refractivity contribution in [2.24, 2.45) is 10.9 Å². The highest BCUT2D eigenvalue weighted by molar-refractivity contribution is 7.15. The maximum absolute atomic E-state index is 15.3. The summed E-state index contributed by atoms with van der Waals surface area (Å²) in [5, 5.41) is 31.9. The van der Waals surface area contributed by atoms with Crippen molar-refractivity contribution in [2.75, 3.05) is 6.54 Å². The second kappa shape index (κ2) is 20.1. The summed E-state index contributed by atoms with van der Waals surface area (Å²) < 4.78 is 25.1. The first-order valence-electron chi connectivity index (χ1n) is 24.0. The number of aliphatic hydroxyl groups excluding tert-OH is 1. The third kappa shape index (κ3) is 9.84. The Morgan fingerprint density at radius 2 is 1.69 bits per heavy atom. The highest BCUT2D eigenvalue weighted by atomic mass is 35.5. The second-order valence-corrected chi connectivity index (χ2v) is 21.7. The maximum atomic E-state index is 15.3. The molecule has 3 aliphatic rings. The van der Waals surface area contributed by atoms with Crippen molar-refractivity contribution >= 4 is 57.7 Å². The Morgan fingerprint density at radius 1 is 0.944 bits per heavy atom. The molecule has 2 fully saturated rings. The van der Waals surface area contributed by atoms with Crippen LogP contribution in [0.2, 0.25) is 5.02 Å². The molecule has 3 amide bonds. The van der Waals surface area contributed by atoms with E-state index in [4.69, 9.17) is 21.3 Å². The van der Waals surface area contributed by atoms with Gasteiger partial charge in [-0.15, -0.1) is 32.9 Å². The molecule has 1 saturated heterocycles. The van der Waals surface area contributed by atoms with Crippen LogP contribution < -0.4 is 15.4 Å². The summed E-state index contributed by atoms with van der Waals surface area (Å²) in [6, 6.07) is 17.5. The highest BCUT2D eigenvalue weighted by Crippen LogP contribution is 2.40. The maximum Gasteiger partial charge on any atom is 0.248 e. The number of fused-ring (bicyclic) bond motifs is 3. The molecule has 4 aromatic heterocycles. The fraction of sp³-hybridized carbons (Fsp3) is 0.358. The number of aliphatic imine (C=N–C) groups is 1. The zero-order valence-electron chi connectivity index (χ0n) is 40.6. The molecule has 72 heavy (non-hydrogen) atoms. The van der Waals surface area contributed by atoms with E-state index < -0.39 is 30.0 Å². The number of ether oxygens (including phenoxy) is 1. The number of nitrogens with zero attached hydrogens (tertiary/aromatic N) is 8. The average molecular weight is 1030 g/mol. The van der Waals surface area contributed by atoms with Crippen molar-refractivity contribution in [2.45, 2.75) is 110 Å². The van der Waals surface area contributed by atoms with Gasteiger partial charge in [0.25, 0.3) is 0 Å². The van der Waals surface area contributed by atoms with Crippen LogP contribution in [-0.2, 0) is 20.9 Å². The van der Waals surface area contributed by atoms with Gasteiger partial charge in [0, 0.05) is 77.2 Å². The Hall–Kier alpha value is -6.60. The molecule has 3 aromatic carbocycles. The summed E-state index contributed by atoms with van der Waals surface area (Å²) in [5.74, 6) is -0.00435. The van der Waals surface area contributed by atoms with Crippen LogP contribution in [0, 0.1) is 39.4 Å². The summed E-state index contributed by atoms with van der Waals surface area (Å²) in [6.45, 7) is 12.1. The fourth-order valence-electron chi connectivity index (χ4n) is 9.84. The number of hydrogen-bond donors (Lipinski definition) is 3. The Kier molecular flexibility index (Phi) is 13.7. The number of carbonyl (C=O) groups excluding carboxylic acids is 3. The number of halogens is 2. The zero-order valence-corrected chi connectivity index (χ0v) is 43.0. The normalized spacial score (nSPS) is 19.8. The molecule has 1 saturated carbocycles. The Labute approximate surface area is 429 Å². The number of β-amino-alcohol motifs (C(OH)–C–C–N with tert-alkyl or cyclic N) is 1. The van der Waals surface area contributed by atoms with E-state index in [1.54, 1.807) is 45.8 Å². The van der Waals surface area contributed by atoms with Crippen LogP contribution in [-0.4, -0.2) is 93.8 Å². The van der Waals surface area contributed by atoms with Crippen molar-refractivity contribution in [3.8, 4) is 32.3 Å². The van der Waals surface area contributed by atoms with Crippen molar-refractivity contribution in [3.05, 3.63) is 140 Å². The van der Waals surface area contributed by atoms with Gasteiger partial charge in [0.15, 0.2) is 5.82 Å². The molecule has 15 nitrogen and oxygen atoms in total. The molecule has 0 bridgehead atoms. The van der Waals surface area contributed by atoms with Gasteiger partial charge >= 0.3 is 0 Å². The minimum absolute atomic E-state index is 0.00813. The minimum atomic E-state index is -0.869. The number of nitrogens with one attached hydrogen (secondary N) is 2. The van der Waals surface area contributed by atoms with E-state index in [2.05, 4.69) is 44.8 Å². The molecule has 372 valence electrons. The smallest absolute Gasteiger partial charge is 0.248 e. The third-order valence-electron chi connectivity index (χ3n) is 13.8. The van der Waals surface area contributed by atoms with Gasteiger partial charge in [-0.3, -0.25) is 28.6 Å². The molecule has 6 heterocycles. The number of amides is 3. The average Bonchev–Trinajstić information content (AvgIpc) is 4.18. The van der Waals surface area contributed by atoms with Gasteiger partial charge in [-0.25, -0.2) is 9.37 Å². The number of rotatable bonds is 14. The zero-order chi connectivity index (χ0) is 50.5. The molecule has 7 aromatic rings. The number of aromatic nitrogens is 6. The van der Waals surface area contributed by atoms with Gasteiger partial charge in [-0.2, -0.15) is 5.10 Å². The van der Waals surface area contributed by atoms with E-state index in [9.17, 15) is 19.5 Å². The molecule has 0 radical (unpaired) electrons. The molecule has 4 atom stereocenters. The first kappa shape index (κ1) is 49.0. The van der Waals surface area contributed by atoms with Crippen LogP contribution >= 0.6 is 34.3 Å². The summed E-state index contributed by atoms with van der Waals surface area (Å²) in [5.41, 5.74) is 9.55. The second-order valence-electron chi connectivity index (χ2n) is 19.2. The van der Waals surface area contributed by atoms with E-state index in [1.165, 1.54) is 17.0 Å². The van der Waals surface area contributed by atoms with Gasteiger partial charge in [0.2, 0.25) is 17.7 Å². The lowest BCUT2D eigenvalue weighted by Crippen LogP contribution is -2.49. The number of carbonyl (C=O) groups is 3. The van der Waals surface area contributed by atoms with Gasteiger partial charge in [0.05, 0.1) is 40.5 Å². The summed E-state index contributed by atoms with van der Waals surface area (Å²) >= 11 is 9.50. The topological polar surface area (TPSA) is 182 Å². The lowest BCUT2D eigenvalue weighted by atomic mass is 9.89. The van der Waals surface area contributed by atoms with Crippen LogP contribution in [0.1, 0.15) is 96.1 Å². The van der Waals surface area contributed by atoms with Crippen LogP contribution in [0.3, 0.4) is 0 Å². The summed E-state index contributed by atoms with van der Waals surface area (Å²) in [6.07, 6.45) is 3.33. The SMILES string of the molecule is Cc1ncsc1-c1ccc(CNC(=O)[C@@H]2C[C@@H](O)CN2C(=O)[C@H](C(C)C)n2cc(-c3cc(F)cc(OC4CC(NC(=O)C[C@@H]5N=C(c6ccc(Cl)cc6)c6c(sc(C)c6C)-n6c(C)nnc65)C4)c3)cn2)cc1. The van der Waals surface area contributed by atoms with Gasteiger partial charge in [-0.05, 0) is 80.1 Å². The van der Waals surface area contributed by atoms with Crippen LogP contribution in [0.5, 0.6) is 5.75 Å². The first-order valence-corrected chi connectivity index (χ1v) is 26.1. The Balaban J connectivity index is 0.769. The summed E-state index contributed by atoms with van der Waals surface area (Å²) in [4.78, 5) is 55.0. The molecular formula is C53H54ClFN10O5S2. The molecule has 2 aliphatic heterocycles. The molecule has 10 rings (SSSR count). The third-order valence-corrected chi connectivity index (χ3v) is 16.2. The van der Waals surface area contributed by atoms with Crippen LogP contribution in [0.4, 0.5) is 4.39 Å². The van der Waals surface area contributed by atoms with Gasteiger partial charge < -0.3 is 25.4 Å². The monoisotopic (exact) mass is 1030 g/mol. The van der Waals surface area contributed by atoms with E-state index in [0.29, 0.717) is 46.4 Å². The number of aryl methyl sites for hydroxylation is 3. The standard InChI is InChI=1S/C53H54ClFN10O5S2/c1-27(2)48(52(69)63-25-40(66)20-44(63)51(68)56-22-32-7-9-34(10-8-32)49-29(4)57-26-71-49)64-24-36(23-58-64)35-15-38(55)17-41(16-35)70-42-18-39(19-42)59-45(67)21-43-50-62-61-31(6)65(50)53-46(28(3)30(5)72-53)47(60-43)33-11-13-37(54)14-12-33/h7-17,23-24,26-27,39-40,42-44,48,66H,18-22,25H2,1-6H3,(H,56,68)(H,59,67)/t39?,40-,42?,43+,44+,48+/m1/s1. The predicted molar refractivity (Wildman–Crippen MR) is 275 cm³/mol. The van der Waals surface area contributed by atoms with Crippen molar-refractivity contribution < 1.29 is 28.6 Å². The number of likely N-dealkylation sites (tertiary alicyclic amines) is 1. The summed E-state index contributed by atoms with van der Waals surface area (Å²) in [7, 11) is 0. The number of hydrogen-bond acceptors (Lipinski definition) is 12. The highest BCUT2D eigenvalue weighted by Gasteiger charge is 2.43. The van der Waals surface area contributed by atoms with Crippen LogP contribution in [0.15, 0.2) is 89.6 Å². The quantitative estimate of drug-likeness (QED) is 0.0959. The molecule has 0 unspecified atom stereocenters. The van der Waals surface area contributed by atoms with Gasteiger partial charge in [-0.1, -0.05) is 61.8 Å². The van der Waals surface area contributed by atoms with Gasteiger partial charge in [0.1, 0.15) is 46.6 Å². The van der Waals surface area contributed by atoms with E-state index in [0.717, 1.165) is 54.0 Å². The Bertz CT molecular complexity index is 3210. The first-order chi connectivity index (χ1) is 34.6. The molecular weight excluding hydrogens is 975 g/mol. The van der Waals surface area contributed by atoms with E-state index in [-0.39, 0.29) is 61.7 Å². The van der Waals surface area contributed by atoms with Crippen molar-refractivity contribution in [1.29, 1.82) is 0 Å². The fourth-order valence-corrected chi connectivity index (χ4v) is 12.0. The lowest BCUT2D eigenvalue weighted by Gasteiger charge is -2.36. The number of thiophene rings is 1. The number of benzene rings is 3. The lowest BCUT2D eigenvalue weighted by molar-refractivity contribution is -0.142. The molecule has 0 spiro atoms. The number of aliphatic hydroxyl groups is 1. The van der Waals surface area contributed by atoms with E-state index in [1.807, 2.05) is 86.3 Å². The number of thiazole rings is 1. The molecule has 19 heteroatoms.